The third-order valence-corrected chi connectivity index (χ3v) is 2.32. The number of halogens is 1. The van der Waals surface area contributed by atoms with E-state index in [4.69, 9.17) is 16.7 Å². The molecule has 0 aromatic heterocycles. The summed E-state index contributed by atoms with van der Waals surface area (Å²) in [6.07, 6.45) is 4.34. The number of hydrogen-bond acceptors (Lipinski definition) is 1. The average molecular weight is 179 g/mol. The Hall–Kier alpha value is 0.250. The molecule has 0 radical (unpaired) electrons. The van der Waals surface area contributed by atoms with Crippen molar-refractivity contribution in [1.82, 2.24) is 0 Å². The molecule has 2 heteroatoms. The van der Waals surface area contributed by atoms with Gasteiger partial charge in [0.25, 0.3) is 0 Å². The van der Waals surface area contributed by atoms with Crippen LogP contribution in [0.4, 0.5) is 0 Å². The molecule has 0 saturated heterocycles. The third kappa shape index (κ3) is 6.64. The lowest BCUT2D eigenvalue weighted by Crippen LogP contribution is -2.05. The first-order valence-electron chi connectivity index (χ1n) is 4.45. The molecule has 1 nitrogen and oxygen atoms in total. The monoisotopic (exact) mass is 178 g/mol. The predicted molar refractivity (Wildman–Crippen MR) is 50.0 cm³/mol. The highest BCUT2D eigenvalue weighted by atomic mass is 35.5. The summed E-state index contributed by atoms with van der Waals surface area (Å²) in [5.74, 6) is 0.410. The molecule has 0 fully saturated rings. The van der Waals surface area contributed by atoms with E-state index < -0.39 is 0 Å². The molecule has 0 bridgehead atoms. The SMILES string of the molecule is CCCC(Cl)CCC(C)CO. The van der Waals surface area contributed by atoms with Gasteiger partial charge < -0.3 is 5.11 Å². The van der Waals surface area contributed by atoms with Crippen molar-refractivity contribution in [1.29, 1.82) is 0 Å². The molecule has 11 heavy (non-hydrogen) atoms. The first-order chi connectivity index (χ1) is 5.20. The molecule has 2 unspecified atom stereocenters. The molecule has 2 atom stereocenters. The minimum Gasteiger partial charge on any atom is -0.396 e. The van der Waals surface area contributed by atoms with Crippen molar-refractivity contribution in [3.8, 4) is 0 Å². The summed E-state index contributed by atoms with van der Waals surface area (Å²) < 4.78 is 0. The topological polar surface area (TPSA) is 20.2 Å². The van der Waals surface area contributed by atoms with E-state index in [0.29, 0.717) is 11.3 Å². The number of hydrogen-bond donors (Lipinski definition) is 1. The molecular formula is C9H19ClO. The Balaban J connectivity index is 3.22. The summed E-state index contributed by atoms with van der Waals surface area (Å²) in [6.45, 7) is 4.48. The zero-order chi connectivity index (χ0) is 8.69. The molecular weight excluding hydrogens is 160 g/mol. The molecule has 0 aliphatic heterocycles. The van der Waals surface area contributed by atoms with Crippen LogP contribution in [0.2, 0.25) is 0 Å². The summed E-state index contributed by atoms with van der Waals surface area (Å²) in [6, 6.07) is 0. The minimum absolute atomic E-state index is 0.287. The normalized spacial score (nSPS) is 16.4. The largest absolute Gasteiger partial charge is 0.396 e. The van der Waals surface area contributed by atoms with Gasteiger partial charge in [-0.05, 0) is 25.2 Å². The molecule has 1 N–H and O–H groups in total. The van der Waals surface area contributed by atoms with Crippen LogP contribution in [-0.4, -0.2) is 17.1 Å². The van der Waals surface area contributed by atoms with Crippen LogP contribution in [0.5, 0.6) is 0 Å². The van der Waals surface area contributed by atoms with Gasteiger partial charge >= 0.3 is 0 Å². The number of aliphatic hydroxyl groups excluding tert-OH is 1. The second-order valence-corrected chi connectivity index (χ2v) is 3.87. The Bertz CT molecular complexity index is 85.6. The Kier molecular flexibility index (Phi) is 7.09. The van der Waals surface area contributed by atoms with Crippen molar-refractivity contribution >= 4 is 11.6 Å². The standard InChI is InChI=1S/C9H19ClO/c1-3-4-9(10)6-5-8(2)7-11/h8-9,11H,3-7H2,1-2H3. The van der Waals surface area contributed by atoms with E-state index in [1.807, 2.05) is 0 Å². The van der Waals surface area contributed by atoms with Crippen LogP contribution < -0.4 is 0 Å². The maximum atomic E-state index is 8.73. The summed E-state index contributed by atoms with van der Waals surface area (Å²) in [7, 11) is 0. The second kappa shape index (κ2) is 6.93. The Morgan fingerprint density at radius 1 is 1.27 bits per heavy atom. The minimum atomic E-state index is 0.287. The van der Waals surface area contributed by atoms with Crippen LogP contribution in [0, 0.1) is 5.92 Å². The zero-order valence-electron chi connectivity index (χ0n) is 7.52. The van der Waals surface area contributed by atoms with Crippen LogP contribution in [0.3, 0.4) is 0 Å². The van der Waals surface area contributed by atoms with Gasteiger partial charge in [0.1, 0.15) is 0 Å². The van der Waals surface area contributed by atoms with E-state index in [1.54, 1.807) is 0 Å². The van der Waals surface area contributed by atoms with Crippen molar-refractivity contribution in [2.75, 3.05) is 6.61 Å². The van der Waals surface area contributed by atoms with E-state index in [-0.39, 0.29) is 6.61 Å². The summed E-state index contributed by atoms with van der Waals surface area (Å²) >= 11 is 6.00. The number of rotatable bonds is 6. The van der Waals surface area contributed by atoms with Crippen molar-refractivity contribution in [3.63, 3.8) is 0 Å². The molecule has 0 aromatic carbocycles. The lowest BCUT2D eigenvalue weighted by atomic mass is 10.0. The van der Waals surface area contributed by atoms with Gasteiger partial charge in [-0.15, -0.1) is 11.6 Å². The van der Waals surface area contributed by atoms with Gasteiger partial charge in [0.05, 0.1) is 0 Å². The van der Waals surface area contributed by atoms with E-state index >= 15 is 0 Å². The van der Waals surface area contributed by atoms with Crippen LogP contribution in [0.25, 0.3) is 0 Å². The smallest absolute Gasteiger partial charge is 0.0456 e. The molecule has 0 spiro atoms. The first kappa shape index (κ1) is 11.2. The lowest BCUT2D eigenvalue weighted by molar-refractivity contribution is 0.227. The van der Waals surface area contributed by atoms with Crippen LogP contribution in [-0.2, 0) is 0 Å². The van der Waals surface area contributed by atoms with Gasteiger partial charge in [0, 0.05) is 12.0 Å². The van der Waals surface area contributed by atoms with Crippen molar-refractivity contribution in [3.05, 3.63) is 0 Å². The summed E-state index contributed by atoms with van der Waals surface area (Å²) in [5.41, 5.74) is 0. The highest BCUT2D eigenvalue weighted by Crippen LogP contribution is 2.15. The maximum absolute atomic E-state index is 8.73. The van der Waals surface area contributed by atoms with E-state index in [9.17, 15) is 0 Å². The molecule has 0 aliphatic carbocycles. The van der Waals surface area contributed by atoms with E-state index in [2.05, 4.69) is 13.8 Å². The van der Waals surface area contributed by atoms with Crippen LogP contribution in [0.1, 0.15) is 39.5 Å². The van der Waals surface area contributed by atoms with E-state index in [1.165, 1.54) is 0 Å². The van der Waals surface area contributed by atoms with Crippen molar-refractivity contribution in [2.45, 2.75) is 44.9 Å². The highest BCUT2D eigenvalue weighted by molar-refractivity contribution is 6.20. The quantitative estimate of drug-likeness (QED) is 0.621. The lowest BCUT2D eigenvalue weighted by Gasteiger charge is -2.10. The third-order valence-electron chi connectivity index (χ3n) is 1.89. The summed E-state index contributed by atoms with van der Waals surface area (Å²) in [4.78, 5) is 0. The highest BCUT2D eigenvalue weighted by Gasteiger charge is 2.05. The average Bonchev–Trinajstić information content (AvgIpc) is 2.01. The fourth-order valence-electron chi connectivity index (χ4n) is 1.01. The second-order valence-electron chi connectivity index (χ2n) is 3.25. The molecule has 0 aromatic rings. The van der Waals surface area contributed by atoms with Crippen LogP contribution in [0.15, 0.2) is 0 Å². The number of alkyl halides is 1. The van der Waals surface area contributed by atoms with Gasteiger partial charge in [-0.2, -0.15) is 0 Å². The number of aliphatic hydroxyl groups is 1. The maximum Gasteiger partial charge on any atom is 0.0456 e. The first-order valence-corrected chi connectivity index (χ1v) is 4.89. The summed E-state index contributed by atoms with van der Waals surface area (Å²) in [5, 5.41) is 9.05. The van der Waals surface area contributed by atoms with Gasteiger partial charge in [-0.3, -0.25) is 0 Å². The van der Waals surface area contributed by atoms with Gasteiger partial charge in [0.2, 0.25) is 0 Å². The van der Waals surface area contributed by atoms with Crippen molar-refractivity contribution < 1.29 is 5.11 Å². The molecule has 0 heterocycles. The zero-order valence-corrected chi connectivity index (χ0v) is 8.27. The predicted octanol–water partition coefficient (Wildman–Crippen LogP) is 2.80. The van der Waals surface area contributed by atoms with Crippen molar-refractivity contribution in [2.24, 2.45) is 5.92 Å². The Labute approximate surface area is 74.8 Å². The van der Waals surface area contributed by atoms with E-state index in [0.717, 1.165) is 25.7 Å². The van der Waals surface area contributed by atoms with Crippen LogP contribution >= 0.6 is 11.6 Å². The fraction of sp³-hybridized carbons (Fsp3) is 1.00. The van der Waals surface area contributed by atoms with Gasteiger partial charge in [0.15, 0.2) is 0 Å². The van der Waals surface area contributed by atoms with Gasteiger partial charge in [-0.25, -0.2) is 0 Å². The molecule has 0 amide bonds. The Morgan fingerprint density at radius 2 is 1.91 bits per heavy atom. The molecule has 0 saturated carbocycles. The molecule has 68 valence electrons. The fourth-order valence-corrected chi connectivity index (χ4v) is 1.36. The molecule has 0 aliphatic rings. The molecule has 0 rings (SSSR count). The van der Waals surface area contributed by atoms with Gasteiger partial charge in [-0.1, -0.05) is 20.3 Å². The Morgan fingerprint density at radius 3 is 2.36 bits per heavy atom.